The third kappa shape index (κ3) is 4.67. The van der Waals surface area contributed by atoms with Gasteiger partial charge in [-0.15, -0.1) is 0 Å². The lowest BCUT2D eigenvalue weighted by Gasteiger charge is -1.97. The maximum atomic E-state index is 10.9. The molecule has 0 heterocycles. The SMILES string of the molecule is C/C=C/C#Cc1ccccc1C=NCC(=O)OC. The number of benzene rings is 1. The van der Waals surface area contributed by atoms with Crippen molar-refractivity contribution in [3.8, 4) is 11.8 Å². The Morgan fingerprint density at radius 2 is 2.22 bits per heavy atom. The molecule has 0 spiro atoms. The maximum Gasteiger partial charge on any atom is 0.327 e. The summed E-state index contributed by atoms with van der Waals surface area (Å²) >= 11 is 0. The van der Waals surface area contributed by atoms with E-state index in [0.29, 0.717) is 0 Å². The van der Waals surface area contributed by atoms with Crippen molar-refractivity contribution in [3.05, 3.63) is 47.5 Å². The van der Waals surface area contributed by atoms with E-state index in [9.17, 15) is 4.79 Å². The van der Waals surface area contributed by atoms with Crippen LogP contribution in [0, 0.1) is 11.8 Å². The second-order valence-corrected chi connectivity index (χ2v) is 3.40. The Morgan fingerprint density at radius 3 is 2.94 bits per heavy atom. The molecule has 0 atom stereocenters. The lowest BCUT2D eigenvalue weighted by Crippen LogP contribution is -2.04. The zero-order chi connectivity index (χ0) is 13.2. The van der Waals surface area contributed by atoms with Gasteiger partial charge in [0.1, 0.15) is 6.54 Å². The number of hydrogen-bond donors (Lipinski definition) is 0. The smallest absolute Gasteiger partial charge is 0.327 e. The first-order valence-electron chi connectivity index (χ1n) is 5.56. The van der Waals surface area contributed by atoms with Crippen LogP contribution in [0.1, 0.15) is 18.1 Å². The van der Waals surface area contributed by atoms with Gasteiger partial charge in [0.2, 0.25) is 0 Å². The fourth-order valence-corrected chi connectivity index (χ4v) is 1.21. The van der Waals surface area contributed by atoms with Crippen molar-refractivity contribution in [1.82, 2.24) is 0 Å². The molecule has 0 saturated heterocycles. The van der Waals surface area contributed by atoms with Crippen molar-refractivity contribution in [1.29, 1.82) is 0 Å². The van der Waals surface area contributed by atoms with Crippen LogP contribution in [0.25, 0.3) is 0 Å². The Hall–Kier alpha value is -2.34. The average Bonchev–Trinajstić information content (AvgIpc) is 2.40. The molecule has 0 aliphatic rings. The van der Waals surface area contributed by atoms with E-state index in [1.807, 2.05) is 37.3 Å². The standard InChI is InChI=1S/C15H15NO2/c1-3-4-5-8-13-9-6-7-10-14(13)11-16-12-15(17)18-2/h3-4,6-7,9-11H,12H2,1-2H3/b4-3+,16-11?. The average molecular weight is 241 g/mol. The van der Waals surface area contributed by atoms with Crippen molar-refractivity contribution in [3.63, 3.8) is 0 Å². The van der Waals surface area contributed by atoms with Crippen molar-refractivity contribution >= 4 is 12.2 Å². The minimum atomic E-state index is -0.358. The minimum absolute atomic E-state index is 0.0210. The number of rotatable bonds is 3. The Balaban J connectivity index is 2.83. The quantitative estimate of drug-likeness (QED) is 0.462. The van der Waals surface area contributed by atoms with E-state index in [1.54, 1.807) is 12.3 Å². The lowest BCUT2D eigenvalue weighted by molar-refractivity contribution is -0.138. The fourth-order valence-electron chi connectivity index (χ4n) is 1.21. The van der Waals surface area contributed by atoms with Gasteiger partial charge in [0.05, 0.1) is 7.11 Å². The van der Waals surface area contributed by atoms with Crippen LogP contribution in [0.4, 0.5) is 0 Å². The highest BCUT2D eigenvalue weighted by Crippen LogP contribution is 2.04. The van der Waals surface area contributed by atoms with Gasteiger partial charge >= 0.3 is 5.97 Å². The van der Waals surface area contributed by atoms with Crippen LogP contribution in [-0.2, 0) is 9.53 Å². The van der Waals surface area contributed by atoms with Crippen LogP contribution in [-0.4, -0.2) is 25.8 Å². The molecule has 1 aromatic rings. The zero-order valence-electron chi connectivity index (χ0n) is 10.5. The molecule has 0 saturated carbocycles. The summed E-state index contributed by atoms with van der Waals surface area (Å²) in [6.07, 6.45) is 5.29. The molecule has 0 aliphatic heterocycles. The summed E-state index contributed by atoms with van der Waals surface area (Å²) in [6.45, 7) is 1.94. The molecule has 3 nitrogen and oxygen atoms in total. The largest absolute Gasteiger partial charge is 0.468 e. The summed E-state index contributed by atoms with van der Waals surface area (Å²) in [5.74, 6) is 5.58. The summed E-state index contributed by atoms with van der Waals surface area (Å²) in [5, 5.41) is 0. The van der Waals surface area contributed by atoms with Crippen LogP contribution < -0.4 is 0 Å². The van der Waals surface area contributed by atoms with Crippen LogP contribution in [0.15, 0.2) is 41.4 Å². The van der Waals surface area contributed by atoms with Crippen LogP contribution in [0.2, 0.25) is 0 Å². The van der Waals surface area contributed by atoms with E-state index < -0.39 is 0 Å². The molecule has 92 valence electrons. The number of nitrogens with zero attached hydrogens (tertiary/aromatic N) is 1. The van der Waals surface area contributed by atoms with E-state index >= 15 is 0 Å². The Morgan fingerprint density at radius 1 is 1.44 bits per heavy atom. The number of allylic oxidation sites excluding steroid dienone is 2. The number of hydrogen-bond acceptors (Lipinski definition) is 3. The Labute approximate surface area is 107 Å². The van der Waals surface area contributed by atoms with Gasteiger partial charge in [0.15, 0.2) is 0 Å². The van der Waals surface area contributed by atoms with Gasteiger partial charge in [0.25, 0.3) is 0 Å². The van der Waals surface area contributed by atoms with Gasteiger partial charge in [-0.05, 0) is 19.1 Å². The summed E-state index contributed by atoms with van der Waals surface area (Å²) < 4.78 is 4.51. The molecule has 0 bridgehead atoms. The van der Waals surface area contributed by atoms with Gasteiger partial charge in [-0.3, -0.25) is 9.79 Å². The van der Waals surface area contributed by atoms with Gasteiger partial charge < -0.3 is 4.74 Å². The third-order valence-electron chi connectivity index (χ3n) is 2.10. The van der Waals surface area contributed by atoms with E-state index in [-0.39, 0.29) is 12.5 Å². The third-order valence-corrected chi connectivity index (χ3v) is 2.10. The highest BCUT2D eigenvalue weighted by atomic mass is 16.5. The molecule has 3 heteroatoms. The number of esters is 1. The van der Waals surface area contributed by atoms with Gasteiger partial charge in [0, 0.05) is 17.3 Å². The van der Waals surface area contributed by atoms with Gasteiger partial charge in [-0.1, -0.05) is 36.1 Å². The van der Waals surface area contributed by atoms with Crippen molar-refractivity contribution in [2.24, 2.45) is 4.99 Å². The molecule has 18 heavy (non-hydrogen) atoms. The van der Waals surface area contributed by atoms with Gasteiger partial charge in [-0.2, -0.15) is 0 Å². The Bertz CT molecular complexity index is 519. The number of aliphatic imine (C=N–C) groups is 1. The van der Waals surface area contributed by atoms with E-state index in [0.717, 1.165) is 11.1 Å². The van der Waals surface area contributed by atoms with E-state index in [4.69, 9.17) is 0 Å². The minimum Gasteiger partial charge on any atom is -0.468 e. The molecule has 0 amide bonds. The lowest BCUT2D eigenvalue weighted by atomic mass is 10.1. The van der Waals surface area contributed by atoms with Crippen LogP contribution in [0.5, 0.6) is 0 Å². The molecule has 0 aliphatic carbocycles. The Kier molecular flexibility index (Phi) is 5.99. The topological polar surface area (TPSA) is 38.7 Å². The maximum absolute atomic E-state index is 10.9. The fraction of sp³-hybridized carbons (Fsp3) is 0.200. The van der Waals surface area contributed by atoms with Gasteiger partial charge in [-0.25, -0.2) is 0 Å². The summed E-state index contributed by atoms with van der Waals surface area (Å²) in [4.78, 5) is 14.9. The number of carbonyl (C=O) groups excluding carboxylic acids is 1. The van der Waals surface area contributed by atoms with Crippen molar-refractivity contribution in [2.45, 2.75) is 6.92 Å². The summed E-state index contributed by atoms with van der Waals surface area (Å²) in [5.41, 5.74) is 1.77. The number of methoxy groups -OCH3 is 1. The monoisotopic (exact) mass is 241 g/mol. The molecule has 1 rings (SSSR count). The number of carbonyl (C=O) groups is 1. The molecular formula is C15H15NO2. The first kappa shape index (κ1) is 13.7. The predicted octanol–water partition coefficient (Wildman–Crippen LogP) is 2.21. The predicted molar refractivity (Wildman–Crippen MR) is 72.6 cm³/mol. The summed E-state index contributed by atoms with van der Waals surface area (Å²) in [7, 11) is 1.34. The highest BCUT2D eigenvalue weighted by Gasteiger charge is 1.97. The van der Waals surface area contributed by atoms with Crippen LogP contribution >= 0.6 is 0 Å². The molecule has 0 fully saturated rings. The van der Waals surface area contributed by atoms with Crippen molar-refractivity contribution in [2.75, 3.05) is 13.7 Å². The molecule has 0 radical (unpaired) electrons. The molecular weight excluding hydrogens is 226 g/mol. The molecule has 0 aromatic heterocycles. The summed E-state index contributed by atoms with van der Waals surface area (Å²) in [6, 6.07) is 7.63. The van der Waals surface area contributed by atoms with E-state index in [1.165, 1.54) is 7.11 Å². The first-order valence-corrected chi connectivity index (χ1v) is 5.56. The normalized spacial score (nSPS) is 10.3. The molecule has 0 unspecified atom stereocenters. The van der Waals surface area contributed by atoms with Crippen LogP contribution in [0.3, 0.4) is 0 Å². The zero-order valence-corrected chi connectivity index (χ0v) is 10.5. The first-order chi connectivity index (χ1) is 8.77. The molecule has 0 N–H and O–H groups in total. The number of ether oxygens (including phenoxy) is 1. The van der Waals surface area contributed by atoms with Crippen molar-refractivity contribution < 1.29 is 9.53 Å². The second-order valence-electron chi connectivity index (χ2n) is 3.40. The highest BCUT2D eigenvalue weighted by molar-refractivity contribution is 5.85. The second kappa shape index (κ2) is 7.86. The van der Waals surface area contributed by atoms with E-state index in [2.05, 4.69) is 21.6 Å². The molecule has 1 aromatic carbocycles.